The van der Waals surface area contributed by atoms with E-state index in [1.165, 1.54) is 17.2 Å². The van der Waals surface area contributed by atoms with Crippen LogP contribution in [-0.4, -0.2) is 75.1 Å². The number of benzene rings is 1. The molecule has 1 aromatic rings. The zero-order valence-electron chi connectivity index (χ0n) is 24.2. The minimum Gasteiger partial charge on any atom is -0.463 e. The number of hydrogen-bond acceptors (Lipinski definition) is 12. The van der Waals surface area contributed by atoms with Crippen molar-refractivity contribution < 1.29 is 33.0 Å². The highest BCUT2D eigenvalue weighted by atomic mass is 19.1. The standard InChI is InChI=1S/C28H38FN7O6/c1-4-40-26(37)19(3)15-31-30-11-8-20-9-12-34(13-10-20)25-7-6-21(14-23(25)29)36-17-22(42-28(36)39)16-35-18-24(32-33-35)27(38)41-5-2/h6-7,14-15,18,20,22,32-33H,4-5,8-13,16-17H2,1-3H3/b19-15+,31-30-/t22-/m0/s1. The summed E-state index contributed by atoms with van der Waals surface area (Å²) >= 11 is 0. The SMILES string of the molecule is CCOC(=O)C1=CN(C[C@H]2CN(c3ccc(N4CCC(CC/N=N\C=C(/C)C(=O)OCC)CC4)c(F)c3)C(=O)O2)NN1. The number of carbonyl (C=O) groups excluding carboxylic acids is 3. The Morgan fingerprint density at radius 1 is 1.19 bits per heavy atom. The number of cyclic esters (lactones) is 1. The largest absolute Gasteiger partial charge is 0.463 e. The Balaban J connectivity index is 1.23. The van der Waals surface area contributed by atoms with E-state index in [2.05, 4.69) is 21.2 Å². The number of rotatable bonds is 12. The number of nitrogens with zero attached hydrogens (tertiary/aromatic N) is 5. The summed E-state index contributed by atoms with van der Waals surface area (Å²) in [6.07, 6.45) is 4.58. The van der Waals surface area contributed by atoms with E-state index in [4.69, 9.17) is 14.2 Å². The fourth-order valence-electron chi connectivity index (χ4n) is 4.92. The van der Waals surface area contributed by atoms with Gasteiger partial charge in [-0.25, -0.2) is 18.8 Å². The first kappa shape index (κ1) is 30.8. The molecule has 1 aromatic carbocycles. The van der Waals surface area contributed by atoms with Crippen molar-refractivity contribution in [2.75, 3.05) is 55.7 Å². The average Bonchev–Trinajstić information content (AvgIpc) is 3.59. The van der Waals surface area contributed by atoms with Crippen molar-refractivity contribution in [2.24, 2.45) is 16.1 Å². The highest BCUT2D eigenvalue weighted by Crippen LogP contribution is 2.31. The van der Waals surface area contributed by atoms with Gasteiger partial charge in [-0.2, -0.15) is 10.2 Å². The number of amides is 1. The fourth-order valence-corrected chi connectivity index (χ4v) is 4.92. The molecule has 1 atom stereocenters. The molecule has 0 unspecified atom stereocenters. The van der Waals surface area contributed by atoms with Crippen molar-refractivity contribution in [1.29, 1.82) is 0 Å². The molecule has 3 heterocycles. The highest BCUT2D eigenvalue weighted by molar-refractivity contribution is 5.90. The van der Waals surface area contributed by atoms with Crippen LogP contribution in [0.15, 0.2) is 52.1 Å². The van der Waals surface area contributed by atoms with Gasteiger partial charge in [0.1, 0.15) is 11.9 Å². The quantitative estimate of drug-likeness (QED) is 0.162. The van der Waals surface area contributed by atoms with E-state index in [0.29, 0.717) is 49.1 Å². The second kappa shape index (κ2) is 14.6. The third-order valence-corrected chi connectivity index (χ3v) is 7.15. The highest BCUT2D eigenvalue weighted by Gasteiger charge is 2.35. The number of ether oxygens (including phenoxy) is 3. The summed E-state index contributed by atoms with van der Waals surface area (Å²) in [6, 6.07) is 4.80. The van der Waals surface area contributed by atoms with Crippen LogP contribution in [0.4, 0.5) is 20.6 Å². The number of anilines is 2. The minimum atomic E-state index is -0.557. The molecule has 228 valence electrons. The molecule has 2 N–H and O–H groups in total. The van der Waals surface area contributed by atoms with E-state index in [-0.39, 0.29) is 25.4 Å². The molecule has 13 nitrogen and oxygen atoms in total. The van der Waals surface area contributed by atoms with Crippen molar-refractivity contribution in [3.05, 3.63) is 47.7 Å². The average molecular weight is 588 g/mol. The number of halogens is 1. The van der Waals surface area contributed by atoms with Crippen molar-refractivity contribution in [1.82, 2.24) is 16.0 Å². The zero-order valence-corrected chi connectivity index (χ0v) is 24.2. The van der Waals surface area contributed by atoms with Gasteiger partial charge < -0.3 is 19.1 Å². The van der Waals surface area contributed by atoms with Gasteiger partial charge in [0.2, 0.25) is 0 Å². The fraction of sp³-hybridized carbons (Fsp3) is 0.536. The molecule has 0 spiro atoms. The lowest BCUT2D eigenvalue weighted by atomic mass is 9.93. The summed E-state index contributed by atoms with van der Waals surface area (Å²) in [5.74, 6) is -0.827. The van der Waals surface area contributed by atoms with Gasteiger partial charge in [0.15, 0.2) is 5.70 Å². The van der Waals surface area contributed by atoms with Crippen LogP contribution in [-0.2, 0) is 23.8 Å². The summed E-state index contributed by atoms with van der Waals surface area (Å²) in [6.45, 7) is 8.18. The van der Waals surface area contributed by atoms with Gasteiger partial charge in [0.25, 0.3) is 0 Å². The third kappa shape index (κ3) is 7.96. The van der Waals surface area contributed by atoms with Crippen LogP contribution in [0.3, 0.4) is 0 Å². The predicted octanol–water partition coefficient (Wildman–Crippen LogP) is 3.41. The Morgan fingerprint density at radius 2 is 1.95 bits per heavy atom. The zero-order chi connectivity index (χ0) is 30.1. The maximum absolute atomic E-state index is 15.2. The van der Waals surface area contributed by atoms with Gasteiger partial charge in [-0.15, -0.1) is 5.53 Å². The number of azo groups is 1. The monoisotopic (exact) mass is 587 g/mol. The normalized spacial score (nSPS) is 19.7. The number of hydrogen-bond donors (Lipinski definition) is 2. The molecule has 2 saturated heterocycles. The number of nitrogens with one attached hydrogen (secondary N) is 2. The molecule has 4 rings (SSSR count). The van der Waals surface area contributed by atoms with Crippen LogP contribution in [0.5, 0.6) is 0 Å². The minimum absolute atomic E-state index is 0.235. The summed E-state index contributed by atoms with van der Waals surface area (Å²) < 4.78 is 30.5. The Bertz CT molecular complexity index is 1230. The first-order valence-electron chi connectivity index (χ1n) is 14.2. The Morgan fingerprint density at radius 3 is 2.67 bits per heavy atom. The lowest BCUT2D eigenvalue weighted by Gasteiger charge is -2.33. The lowest BCUT2D eigenvalue weighted by Crippen LogP contribution is -2.42. The Labute approximate surface area is 244 Å². The van der Waals surface area contributed by atoms with Crippen LogP contribution < -0.4 is 20.8 Å². The van der Waals surface area contributed by atoms with Gasteiger partial charge in [0.05, 0.1) is 56.0 Å². The van der Waals surface area contributed by atoms with Crippen molar-refractivity contribution in [2.45, 2.75) is 46.1 Å². The summed E-state index contributed by atoms with van der Waals surface area (Å²) in [7, 11) is 0. The molecule has 0 radical (unpaired) electrons. The lowest BCUT2D eigenvalue weighted by molar-refractivity contribution is -0.139. The molecule has 3 aliphatic heterocycles. The van der Waals surface area contributed by atoms with E-state index in [1.807, 2.05) is 4.90 Å². The van der Waals surface area contributed by atoms with Crippen LogP contribution in [0, 0.1) is 11.7 Å². The maximum Gasteiger partial charge on any atom is 0.414 e. The molecule has 0 aliphatic carbocycles. The van der Waals surface area contributed by atoms with Crippen molar-refractivity contribution in [3.63, 3.8) is 0 Å². The molecule has 14 heteroatoms. The molecule has 1 amide bonds. The van der Waals surface area contributed by atoms with Gasteiger partial charge in [-0.05, 0) is 64.2 Å². The van der Waals surface area contributed by atoms with Gasteiger partial charge in [-0.3, -0.25) is 15.3 Å². The Kier molecular flexibility index (Phi) is 10.7. The van der Waals surface area contributed by atoms with E-state index in [1.54, 1.807) is 44.1 Å². The molecule has 2 fully saturated rings. The van der Waals surface area contributed by atoms with E-state index >= 15 is 4.39 Å². The molecule has 0 bridgehead atoms. The topological polar surface area (TPSA) is 137 Å². The number of hydrazine groups is 2. The molecule has 42 heavy (non-hydrogen) atoms. The van der Waals surface area contributed by atoms with Crippen LogP contribution in [0.25, 0.3) is 0 Å². The van der Waals surface area contributed by atoms with Crippen LogP contribution >= 0.6 is 0 Å². The van der Waals surface area contributed by atoms with Gasteiger partial charge >= 0.3 is 18.0 Å². The number of esters is 2. The molecule has 3 aliphatic rings. The first-order chi connectivity index (χ1) is 20.3. The van der Waals surface area contributed by atoms with E-state index in [0.717, 1.165) is 19.3 Å². The van der Waals surface area contributed by atoms with Crippen LogP contribution in [0.2, 0.25) is 0 Å². The smallest absolute Gasteiger partial charge is 0.414 e. The second-order valence-corrected chi connectivity index (χ2v) is 10.1. The molecule has 0 aromatic heterocycles. The Hall–Kier alpha value is -4.20. The first-order valence-corrected chi connectivity index (χ1v) is 14.2. The van der Waals surface area contributed by atoms with E-state index < -0.39 is 30.0 Å². The molecular weight excluding hydrogens is 549 g/mol. The van der Waals surface area contributed by atoms with Crippen molar-refractivity contribution >= 4 is 29.4 Å². The number of piperidine rings is 1. The summed E-state index contributed by atoms with van der Waals surface area (Å²) in [5.41, 5.74) is 7.12. The van der Waals surface area contributed by atoms with E-state index in [9.17, 15) is 14.4 Å². The summed E-state index contributed by atoms with van der Waals surface area (Å²) in [4.78, 5) is 39.4. The third-order valence-electron chi connectivity index (χ3n) is 7.15. The number of carbonyl (C=O) groups is 3. The predicted molar refractivity (Wildman–Crippen MR) is 151 cm³/mol. The molecular formula is C28H38FN7O6. The summed E-state index contributed by atoms with van der Waals surface area (Å²) in [5, 5.41) is 9.69. The van der Waals surface area contributed by atoms with Gasteiger partial charge in [0, 0.05) is 19.3 Å². The maximum atomic E-state index is 15.2. The van der Waals surface area contributed by atoms with Crippen molar-refractivity contribution in [3.8, 4) is 0 Å². The van der Waals surface area contributed by atoms with Gasteiger partial charge in [-0.1, -0.05) is 0 Å². The molecule has 0 saturated carbocycles. The second-order valence-electron chi connectivity index (χ2n) is 10.1. The van der Waals surface area contributed by atoms with Crippen LogP contribution in [0.1, 0.15) is 40.0 Å².